The molecule has 0 N–H and O–H groups in total. The molecule has 0 radical (unpaired) electrons. The van der Waals surface area contributed by atoms with E-state index in [4.69, 9.17) is 13.3 Å². The number of hydrogen-bond acceptors (Lipinski definition) is 11. The summed E-state index contributed by atoms with van der Waals surface area (Å²) in [6, 6.07) is 43.9. The van der Waals surface area contributed by atoms with Gasteiger partial charge in [-0.1, -0.05) is 183 Å². The molecular formula is C55H68F6N4O7S4Si. The highest BCUT2D eigenvalue weighted by molar-refractivity contribution is 7.87. The molecule has 6 rings (SSSR count). The molecule has 0 saturated heterocycles. The van der Waals surface area contributed by atoms with Crippen LogP contribution in [-0.2, 0) is 78.5 Å². The van der Waals surface area contributed by atoms with Crippen molar-refractivity contribution in [1.82, 2.24) is 0 Å². The maximum atomic E-state index is 14.5. The second-order valence-corrected chi connectivity index (χ2v) is 30.3. The second kappa shape index (κ2) is 26.3. The van der Waals surface area contributed by atoms with Crippen molar-refractivity contribution >= 4 is 49.8 Å². The van der Waals surface area contributed by atoms with E-state index in [1.54, 1.807) is 55.6 Å². The first-order valence-corrected chi connectivity index (χ1v) is 32.7. The van der Waals surface area contributed by atoms with Crippen molar-refractivity contribution in [2.45, 2.75) is 111 Å². The van der Waals surface area contributed by atoms with Gasteiger partial charge >= 0.3 is 31.4 Å². The standard InChI is InChI=1S/C25H28F2N2O4S2.C22H32OSi.C8H8F4N2O2S2/c1-25(2,21-9-13-23(32-3)14-10-21)22-11-15-24(16-12-22)33-35(27,31)29-18-20-7-5-19(6-8-20)17-28-34(4,26)30;1-17-9-11-18(12-10-17)22(5,6)19-13-15-20(16-14-19)23-24(7,8)21(2,3)4;9-17(10,15)13-5-7-1-2-8(4-3-7)6-14-18(11,12)16/h5-16H,17-18H2,1-4H3;9-16H,1-8H3;1-4H,5-6H2. The summed E-state index contributed by atoms with van der Waals surface area (Å²) in [7, 11) is -18.5. The third-order valence-electron chi connectivity index (χ3n) is 12.8. The Balaban J connectivity index is 0.000000265. The van der Waals surface area contributed by atoms with Crippen LogP contribution in [0.2, 0.25) is 18.1 Å². The van der Waals surface area contributed by atoms with Gasteiger partial charge in [0.2, 0.25) is 8.32 Å². The average molecular weight is 1170 g/mol. The predicted octanol–water partition coefficient (Wildman–Crippen LogP) is 16.2. The molecule has 22 heteroatoms. The maximum Gasteiger partial charge on any atom is 0.377 e. The summed E-state index contributed by atoms with van der Waals surface area (Å²) in [6.45, 7) is 21.1. The number of rotatable bonds is 17. The lowest BCUT2D eigenvalue weighted by Gasteiger charge is -2.36. The summed E-state index contributed by atoms with van der Waals surface area (Å²) < 4.78 is 148. The largest absolute Gasteiger partial charge is 0.544 e. The molecule has 0 spiro atoms. The second-order valence-electron chi connectivity index (χ2n) is 20.5. The van der Waals surface area contributed by atoms with Gasteiger partial charge in [-0.3, -0.25) is 0 Å². The van der Waals surface area contributed by atoms with Gasteiger partial charge in [-0.05, 0) is 106 Å². The first kappa shape index (κ1) is 63.8. The number of ether oxygens (including phenoxy) is 1. The summed E-state index contributed by atoms with van der Waals surface area (Å²) in [5.74, 6) is 1.86. The first-order chi connectivity index (χ1) is 35.5. The SMILES string of the molecule is COc1ccc(C(C)(C)c2ccc(OS(=O)(F)=NCc3ccc(CN=S(C)(=O)F)cc3)cc2)cc1.Cc1ccc(C(C)(C)c2ccc(O[Si](C)(C)C(C)(C)C)cc2)cc1.O=S(F)(F)=NCc1ccc(CN=S(=O)(F)F)cc1. The minimum atomic E-state index is -5.14. The molecule has 0 amide bonds. The minimum absolute atomic E-state index is 0.0107. The first-order valence-electron chi connectivity index (χ1n) is 24.0. The van der Waals surface area contributed by atoms with E-state index in [9.17, 15) is 40.2 Å². The Kier molecular flexibility index (Phi) is 21.8. The zero-order valence-corrected chi connectivity index (χ0v) is 49.5. The van der Waals surface area contributed by atoms with Crippen molar-refractivity contribution in [3.8, 4) is 17.2 Å². The van der Waals surface area contributed by atoms with Crippen LogP contribution in [0.4, 0.5) is 23.3 Å². The zero-order valence-electron chi connectivity index (χ0n) is 45.2. The van der Waals surface area contributed by atoms with Gasteiger partial charge in [0.1, 0.15) is 17.2 Å². The Morgan fingerprint density at radius 2 is 0.740 bits per heavy atom. The molecule has 0 aromatic heterocycles. The van der Waals surface area contributed by atoms with Crippen LogP contribution in [0.15, 0.2) is 163 Å². The number of hydrogen-bond donors (Lipinski definition) is 0. The Hall–Kier alpha value is -5.68. The van der Waals surface area contributed by atoms with Crippen LogP contribution in [0.1, 0.15) is 98.5 Å². The van der Waals surface area contributed by atoms with Crippen LogP contribution in [0.3, 0.4) is 0 Å². The molecule has 420 valence electrons. The van der Waals surface area contributed by atoms with Crippen LogP contribution in [-0.4, -0.2) is 38.5 Å². The van der Waals surface area contributed by atoms with E-state index in [0.717, 1.165) is 28.9 Å². The lowest BCUT2D eigenvalue weighted by atomic mass is 9.78. The molecule has 6 aromatic rings. The van der Waals surface area contributed by atoms with Gasteiger partial charge in [-0.25, -0.2) is 8.57 Å². The Labute approximate surface area is 455 Å². The van der Waals surface area contributed by atoms with Crippen molar-refractivity contribution in [2.75, 3.05) is 13.4 Å². The van der Waals surface area contributed by atoms with Gasteiger partial charge in [0, 0.05) is 17.1 Å². The fraction of sp³-hybridized carbons (Fsp3) is 0.345. The monoisotopic (exact) mass is 1170 g/mol. The zero-order chi connectivity index (χ0) is 57.7. The summed E-state index contributed by atoms with van der Waals surface area (Å²) in [6.07, 6.45) is 0.910. The van der Waals surface area contributed by atoms with Crippen LogP contribution < -0.4 is 13.3 Å². The summed E-state index contributed by atoms with van der Waals surface area (Å²) >= 11 is 0. The van der Waals surface area contributed by atoms with Gasteiger partial charge in [0.25, 0.3) is 0 Å². The molecule has 77 heavy (non-hydrogen) atoms. The van der Waals surface area contributed by atoms with E-state index in [-0.39, 0.29) is 34.7 Å². The lowest BCUT2D eigenvalue weighted by Crippen LogP contribution is -2.43. The Morgan fingerprint density at radius 3 is 1.05 bits per heavy atom. The molecule has 0 aliphatic heterocycles. The van der Waals surface area contributed by atoms with Crippen LogP contribution in [0, 0.1) is 6.92 Å². The smallest absolute Gasteiger partial charge is 0.377 e. The normalized spacial score (nSPS) is 13.7. The molecule has 6 aromatic carbocycles. The molecule has 0 bridgehead atoms. The highest BCUT2D eigenvalue weighted by Gasteiger charge is 2.39. The van der Waals surface area contributed by atoms with Crippen LogP contribution >= 0.6 is 0 Å². The van der Waals surface area contributed by atoms with Gasteiger partial charge in [-0.15, -0.1) is 3.89 Å². The molecule has 2 unspecified atom stereocenters. The number of aryl methyl sites for hydroxylation is 1. The summed E-state index contributed by atoms with van der Waals surface area (Å²) in [5, 5.41) is 0.215. The molecule has 0 fully saturated rings. The van der Waals surface area contributed by atoms with Crippen molar-refractivity contribution in [3.63, 3.8) is 0 Å². The van der Waals surface area contributed by atoms with Gasteiger partial charge < -0.3 is 13.3 Å². The molecule has 11 nitrogen and oxygen atoms in total. The van der Waals surface area contributed by atoms with Gasteiger partial charge in [-0.2, -0.15) is 25.7 Å². The van der Waals surface area contributed by atoms with E-state index >= 15 is 0 Å². The number of nitrogens with zero attached hydrogens (tertiary/aromatic N) is 4. The highest BCUT2D eigenvalue weighted by atomic mass is 32.3. The van der Waals surface area contributed by atoms with E-state index in [2.05, 4.69) is 134 Å². The molecule has 0 aliphatic carbocycles. The molecular weight excluding hydrogens is 1100 g/mol. The summed E-state index contributed by atoms with van der Waals surface area (Å²) in [4.78, 5) is 0. The maximum absolute atomic E-state index is 14.5. The summed E-state index contributed by atoms with van der Waals surface area (Å²) in [5.41, 5.74) is 7.57. The third-order valence-corrected chi connectivity index (χ3v) is 19.5. The fourth-order valence-electron chi connectivity index (χ4n) is 6.91. The highest BCUT2D eigenvalue weighted by Crippen LogP contribution is 2.39. The quantitative estimate of drug-likeness (QED) is 0.0502. The Bertz CT molecular complexity index is 3340. The molecule has 0 heterocycles. The molecule has 0 aliphatic rings. The van der Waals surface area contributed by atoms with E-state index in [1.165, 1.54) is 41.0 Å². The van der Waals surface area contributed by atoms with Gasteiger partial charge in [0.05, 0.1) is 33.3 Å². The minimum Gasteiger partial charge on any atom is -0.544 e. The van der Waals surface area contributed by atoms with Crippen molar-refractivity contribution in [1.29, 1.82) is 0 Å². The fourth-order valence-corrected chi connectivity index (χ4v) is 9.63. The average Bonchev–Trinajstić information content (AvgIpc) is 3.34. The van der Waals surface area contributed by atoms with Gasteiger partial charge in [0.15, 0.2) is 10.1 Å². The van der Waals surface area contributed by atoms with E-state index < -0.39 is 62.9 Å². The van der Waals surface area contributed by atoms with Crippen molar-refractivity contribution in [3.05, 3.63) is 196 Å². The number of methoxy groups -OCH3 is 1. The molecule has 2 atom stereocenters. The Morgan fingerprint density at radius 1 is 0.442 bits per heavy atom. The predicted molar refractivity (Wildman–Crippen MR) is 302 cm³/mol. The van der Waals surface area contributed by atoms with Crippen molar-refractivity contribution in [2.24, 2.45) is 17.5 Å². The number of halogens is 6. The van der Waals surface area contributed by atoms with E-state index in [1.807, 2.05) is 24.3 Å². The topological polar surface area (TPSA) is 145 Å². The molecule has 0 saturated carbocycles. The van der Waals surface area contributed by atoms with E-state index in [0.29, 0.717) is 22.3 Å². The third kappa shape index (κ3) is 21.6. The number of benzene rings is 6. The van der Waals surface area contributed by atoms with Crippen LogP contribution in [0.25, 0.3) is 0 Å². The lowest BCUT2D eigenvalue weighted by molar-refractivity contribution is 0.414. The van der Waals surface area contributed by atoms with Crippen LogP contribution in [0.5, 0.6) is 17.2 Å². The van der Waals surface area contributed by atoms with Crippen molar-refractivity contribution < 1.29 is 53.5 Å².